The highest BCUT2D eigenvalue weighted by molar-refractivity contribution is 5.66. The Morgan fingerprint density at radius 1 is 1.44 bits per heavy atom. The van der Waals surface area contributed by atoms with E-state index in [0.29, 0.717) is 23.9 Å². The van der Waals surface area contributed by atoms with Crippen molar-refractivity contribution in [1.82, 2.24) is 4.90 Å². The smallest absolute Gasteiger partial charge is 0.304 e. The summed E-state index contributed by atoms with van der Waals surface area (Å²) in [4.78, 5) is 13.0. The second kappa shape index (κ2) is 5.17. The number of hydrogen-bond donors (Lipinski definition) is 1. The molecular weight excluding hydrogens is 202 g/mol. The third-order valence-electron chi connectivity index (χ3n) is 3.78. The molecule has 3 heteroatoms. The third kappa shape index (κ3) is 3.48. The maximum absolute atomic E-state index is 10.6. The van der Waals surface area contributed by atoms with Crippen molar-refractivity contribution in [2.45, 2.75) is 53.0 Å². The molecule has 16 heavy (non-hydrogen) atoms. The standard InChI is InChI=1S/C13H25NO2/c1-5-14(7-6-12(15)16)11-9-13(3,4)8-10(11)2/h10-11H,5-9H2,1-4H3,(H,15,16). The zero-order valence-corrected chi connectivity index (χ0v) is 11.0. The van der Waals surface area contributed by atoms with E-state index in [1.807, 2.05) is 0 Å². The van der Waals surface area contributed by atoms with E-state index in [0.717, 1.165) is 6.54 Å². The van der Waals surface area contributed by atoms with Gasteiger partial charge >= 0.3 is 5.97 Å². The molecule has 1 saturated carbocycles. The average Bonchev–Trinajstić information content (AvgIpc) is 2.41. The van der Waals surface area contributed by atoms with Gasteiger partial charge in [-0.1, -0.05) is 27.7 Å². The van der Waals surface area contributed by atoms with Crippen LogP contribution in [0.5, 0.6) is 0 Å². The molecule has 0 aromatic heterocycles. The van der Waals surface area contributed by atoms with Crippen LogP contribution in [0.3, 0.4) is 0 Å². The van der Waals surface area contributed by atoms with Crippen LogP contribution in [0.15, 0.2) is 0 Å². The first kappa shape index (κ1) is 13.5. The molecule has 1 aliphatic rings. The van der Waals surface area contributed by atoms with Gasteiger partial charge in [0.15, 0.2) is 0 Å². The minimum absolute atomic E-state index is 0.261. The normalized spacial score (nSPS) is 28.6. The summed E-state index contributed by atoms with van der Waals surface area (Å²) < 4.78 is 0. The molecule has 2 atom stereocenters. The molecule has 3 nitrogen and oxygen atoms in total. The molecule has 0 aromatic carbocycles. The first-order valence-corrected chi connectivity index (χ1v) is 6.31. The topological polar surface area (TPSA) is 40.5 Å². The van der Waals surface area contributed by atoms with Crippen LogP contribution in [0, 0.1) is 11.3 Å². The summed E-state index contributed by atoms with van der Waals surface area (Å²) in [7, 11) is 0. The van der Waals surface area contributed by atoms with Crippen molar-refractivity contribution in [1.29, 1.82) is 0 Å². The van der Waals surface area contributed by atoms with Gasteiger partial charge in [0.2, 0.25) is 0 Å². The maximum Gasteiger partial charge on any atom is 0.304 e. The van der Waals surface area contributed by atoms with Crippen LogP contribution in [0.2, 0.25) is 0 Å². The predicted molar refractivity (Wildman–Crippen MR) is 65.5 cm³/mol. The fourth-order valence-electron chi connectivity index (χ4n) is 3.15. The molecule has 1 N–H and O–H groups in total. The Kier molecular flexibility index (Phi) is 4.36. The van der Waals surface area contributed by atoms with Crippen LogP contribution < -0.4 is 0 Å². The quantitative estimate of drug-likeness (QED) is 0.785. The van der Waals surface area contributed by atoms with Crippen LogP contribution >= 0.6 is 0 Å². The fourth-order valence-corrected chi connectivity index (χ4v) is 3.15. The summed E-state index contributed by atoms with van der Waals surface area (Å²) in [5.41, 5.74) is 0.417. The summed E-state index contributed by atoms with van der Waals surface area (Å²) in [6.45, 7) is 10.7. The zero-order chi connectivity index (χ0) is 12.3. The van der Waals surface area contributed by atoms with E-state index in [-0.39, 0.29) is 6.42 Å². The maximum atomic E-state index is 10.6. The molecular formula is C13H25NO2. The lowest BCUT2D eigenvalue weighted by Gasteiger charge is -2.30. The first-order valence-electron chi connectivity index (χ1n) is 6.31. The van der Waals surface area contributed by atoms with Gasteiger partial charge in [-0.2, -0.15) is 0 Å². The van der Waals surface area contributed by atoms with E-state index in [1.54, 1.807) is 0 Å². The second-order valence-corrected chi connectivity index (χ2v) is 5.89. The molecule has 0 spiro atoms. The number of carboxylic acid groups (broad SMARTS) is 1. The average molecular weight is 227 g/mol. The van der Waals surface area contributed by atoms with Crippen LogP contribution in [0.25, 0.3) is 0 Å². The van der Waals surface area contributed by atoms with Gasteiger partial charge in [0.25, 0.3) is 0 Å². The molecule has 94 valence electrons. The minimum Gasteiger partial charge on any atom is -0.481 e. The molecule has 0 heterocycles. The molecule has 0 saturated heterocycles. The number of nitrogens with zero attached hydrogens (tertiary/aromatic N) is 1. The highest BCUT2D eigenvalue weighted by Gasteiger charge is 2.39. The minimum atomic E-state index is -0.691. The number of rotatable bonds is 5. The third-order valence-corrected chi connectivity index (χ3v) is 3.78. The number of aliphatic carboxylic acids is 1. The Morgan fingerprint density at radius 3 is 2.44 bits per heavy atom. The summed E-state index contributed by atoms with van der Waals surface area (Å²) in [6.07, 6.45) is 2.71. The summed E-state index contributed by atoms with van der Waals surface area (Å²) in [6, 6.07) is 0.569. The van der Waals surface area contributed by atoms with Gasteiger partial charge < -0.3 is 5.11 Å². The van der Waals surface area contributed by atoms with Crippen LogP contribution in [-0.2, 0) is 4.79 Å². The van der Waals surface area contributed by atoms with E-state index in [2.05, 4.69) is 32.6 Å². The van der Waals surface area contributed by atoms with Gasteiger partial charge in [0, 0.05) is 12.6 Å². The Bertz CT molecular complexity index is 250. The summed E-state index contributed by atoms with van der Waals surface area (Å²) in [5.74, 6) is -0.00731. The fraction of sp³-hybridized carbons (Fsp3) is 0.923. The molecule has 1 fully saturated rings. The van der Waals surface area contributed by atoms with Crippen LogP contribution in [0.1, 0.15) is 47.0 Å². The van der Waals surface area contributed by atoms with Crippen molar-refractivity contribution < 1.29 is 9.90 Å². The number of carboxylic acids is 1. The largest absolute Gasteiger partial charge is 0.481 e. The zero-order valence-electron chi connectivity index (χ0n) is 11.0. The summed E-state index contributed by atoms with van der Waals surface area (Å²) in [5, 5.41) is 8.74. The Balaban J connectivity index is 2.56. The van der Waals surface area contributed by atoms with Crippen molar-refractivity contribution in [3.63, 3.8) is 0 Å². The van der Waals surface area contributed by atoms with E-state index < -0.39 is 5.97 Å². The van der Waals surface area contributed by atoms with Gasteiger partial charge in [-0.15, -0.1) is 0 Å². The Morgan fingerprint density at radius 2 is 2.06 bits per heavy atom. The summed E-state index contributed by atoms with van der Waals surface area (Å²) >= 11 is 0. The van der Waals surface area contributed by atoms with Gasteiger partial charge in [-0.3, -0.25) is 9.69 Å². The monoisotopic (exact) mass is 227 g/mol. The molecule has 0 bridgehead atoms. The number of hydrogen-bond acceptors (Lipinski definition) is 2. The van der Waals surface area contributed by atoms with Crippen molar-refractivity contribution in [3.8, 4) is 0 Å². The molecule has 0 aromatic rings. The predicted octanol–water partition coefficient (Wildman–Crippen LogP) is 2.61. The van der Waals surface area contributed by atoms with Crippen molar-refractivity contribution in [2.24, 2.45) is 11.3 Å². The van der Waals surface area contributed by atoms with E-state index in [4.69, 9.17) is 5.11 Å². The van der Waals surface area contributed by atoms with Crippen molar-refractivity contribution in [2.75, 3.05) is 13.1 Å². The SMILES string of the molecule is CCN(CCC(=O)O)C1CC(C)(C)CC1C. The first-order chi connectivity index (χ1) is 7.35. The molecule has 0 radical (unpaired) electrons. The molecule has 1 aliphatic carbocycles. The molecule has 0 aliphatic heterocycles. The van der Waals surface area contributed by atoms with E-state index in [1.165, 1.54) is 12.8 Å². The highest BCUT2D eigenvalue weighted by atomic mass is 16.4. The molecule has 2 unspecified atom stereocenters. The van der Waals surface area contributed by atoms with Gasteiger partial charge in [-0.05, 0) is 30.7 Å². The van der Waals surface area contributed by atoms with Crippen molar-refractivity contribution >= 4 is 5.97 Å². The van der Waals surface area contributed by atoms with E-state index in [9.17, 15) is 4.79 Å². The molecule has 1 rings (SSSR count). The Labute approximate surface area is 98.8 Å². The lowest BCUT2D eigenvalue weighted by atomic mass is 9.91. The number of carbonyl (C=O) groups is 1. The lowest BCUT2D eigenvalue weighted by molar-refractivity contribution is -0.137. The van der Waals surface area contributed by atoms with Crippen molar-refractivity contribution in [3.05, 3.63) is 0 Å². The van der Waals surface area contributed by atoms with E-state index >= 15 is 0 Å². The van der Waals surface area contributed by atoms with Crippen LogP contribution in [-0.4, -0.2) is 35.1 Å². The second-order valence-electron chi connectivity index (χ2n) is 5.89. The highest BCUT2D eigenvalue weighted by Crippen LogP contribution is 2.43. The molecule has 0 amide bonds. The lowest BCUT2D eigenvalue weighted by Crippen LogP contribution is -2.38. The Hall–Kier alpha value is -0.570. The van der Waals surface area contributed by atoms with Gasteiger partial charge in [-0.25, -0.2) is 0 Å². The van der Waals surface area contributed by atoms with Crippen LogP contribution in [0.4, 0.5) is 0 Å². The van der Waals surface area contributed by atoms with Gasteiger partial charge in [0.05, 0.1) is 6.42 Å². The van der Waals surface area contributed by atoms with Gasteiger partial charge in [0.1, 0.15) is 0 Å².